The van der Waals surface area contributed by atoms with Gasteiger partial charge in [0.15, 0.2) is 0 Å². The van der Waals surface area contributed by atoms with Crippen molar-refractivity contribution in [3.05, 3.63) is 125 Å². The number of hydrogen-bond acceptors (Lipinski definition) is 5. The standard InChI is InChI=1S/C35H34F3N5O2/c1-23-10-12-24(13-11-23)22-43-32(25-14-15-30(39-21-25)35(36,37)38)31(28-8-3-4-9-29(28)34(43)45)33(44)40-26-6-5-7-27(20-26)42-18-16-41(2)17-19-42/h3-15,20-21,31-32H,16-19,22H2,1-2H3,(H,40,44)/t31-,32+/m1/s1. The number of nitrogens with zero attached hydrogens (tertiary/aromatic N) is 4. The van der Waals surface area contributed by atoms with E-state index in [1.807, 2.05) is 55.5 Å². The molecular weight excluding hydrogens is 579 g/mol. The topological polar surface area (TPSA) is 68.8 Å². The molecule has 2 atom stereocenters. The summed E-state index contributed by atoms with van der Waals surface area (Å²) in [6, 6.07) is 23.6. The number of halogens is 3. The van der Waals surface area contributed by atoms with E-state index in [1.165, 1.54) is 6.07 Å². The summed E-state index contributed by atoms with van der Waals surface area (Å²) in [4.78, 5) is 38.2. The smallest absolute Gasteiger partial charge is 0.369 e. The highest BCUT2D eigenvalue weighted by Crippen LogP contribution is 2.44. The fourth-order valence-corrected chi connectivity index (χ4v) is 6.12. The first-order valence-electron chi connectivity index (χ1n) is 14.9. The lowest BCUT2D eigenvalue weighted by atomic mass is 9.79. The number of anilines is 2. The molecule has 1 fully saturated rings. The van der Waals surface area contributed by atoms with Crippen molar-refractivity contribution in [1.29, 1.82) is 0 Å². The number of carbonyl (C=O) groups is 2. The zero-order chi connectivity index (χ0) is 31.7. The van der Waals surface area contributed by atoms with Gasteiger partial charge in [-0.25, -0.2) is 0 Å². The number of rotatable bonds is 6. The predicted molar refractivity (Wildman–Crippen MR) is 167 cm³/mol. The average molecular weight is 614 g/mol. The second-order valence-electron chi connectivity index (χ2n) is 11.7. The molecule has 0 aliphatic carbocycles. The van der Waals surface area contributed by atoms with Crippen molar-refractivity contribution >= 4 is 23.2 Å². The molecule has 4 aromatic rings. The Morgan fingerprint density at radius 3 is 2.36 bits per heavy atom. The summed E-state index contributed by atoms with van der Waals surface area (Å²) in [5.41, 5.74) is 3.66. The number of benzene rings is 3. The Bertz CT molecular complexity index is 1680. The fourth-order valence-electron chi connectivity index (χ4n) is 6.12. The minimum absolute atomic E-state index is 0.155. The van der Waals surface area contributed by atoms with Crippen LogP contribution in [0, 0.1) is 6.92 Å². The normalized spacial score (nSPS) is 18.9. The molecule has 2 aliphatic rings. The van der Waals surface area contributed by atoms with Crippen molar-refractivity contribution in [1.82, 2.24) is 14.8 Å². The largest absolute Gasteiger partial charge is 0.433 e. The lowest BCUT2D eigenvalue weighted by Gasteiger charge is -2.42. The van der Waals surface area contributed by atoms with Gasteiger partial charge >= 0.3 is 6.18 Å². The van der Waals surface area contributed by atoms with Gasteiger partial charge in [0, 0.05) is 55.9 Å². The molecule has 3 aromatic carbocycles. The van der Waals surface area contributed by atoms with Crippen LogP contribution in [0.1, 0.15) is 50.3 Å². The second kappa shape index (κ2) is 12.4. The number of carbonyl (C=O) groups excluding carboxylic acids is 2. The van der Waals surface area contributed by atoms with Crippen molar-refractivity contribution in [3.8, 4) is 0 Å². The monoisotopic (exact) mass is 613 g/mol. The SMILES string of the molecule is Cc1ccc(CN2C(=O)c3ccccc3[C@@H](C(=O)Nc3cccc(N4CCN(C)CC4)c3)[C@@H]2c2ccc(C(F)(F)F)nc2)cc1. The van der Waals surface area contributed by atoms with Gasteiger partial charge in [0.05, 0.1) is 12.0 Å². The van der Waals surface area contributed by atoms with E-state index in [9.17, 15) is 22.8 Å². The summed E-state index contributed by atoms with van der Waals surface area (Å²) in [7, 11) is 2.09. The molecule has 2 amide bonds. The molecular formula is C35H34F3N5O2. The van der Waals surface area contributed by atoms with Gasteiger partial charge in [0.25, 0.3) is 5.91 Å². The summed E-state index contributed by atoms with van der Waals surface area (Å²) in [5, 5.41) is 3.07. The maximum absolute atomic E-state index is 14.4. The number of likely N-dealkylation sites (N-methyl/N-ethyl adjacent to an activating group) is 1. The number of nitrogens with one attached hydrogen (secondary N) is 1. The Morgan fingerprint density at radius 1 is 0.933 bits per heavy atom. The molecule has 7 nitrogen and oxygen atoms in total. The van der Waals surface area contributed by atoms with E-state index >= 15 is 0 Å². The highest BCUT2D eigenvalue weighted by atomic mass is 19.4. The lowest BCUT2D eigenvalue weighted by Crippen LogP contribution is -2.45. The molecule has 1 saturated heterocycles. The van der Waals surface area contributed by atoms with E-state index in [0.717, 1.165) is 55.3 Å². The van der Waals surface area contributed by atoms with Crippen molar-refractivity contribution < 1.29 is 22.8 Å². The van der Waals surface area contributed by atoms with E-state index in [4.69, 9.17) is 0 Å². The van der Waals surface area contributed by atoms with Crippen LogP contribution < -0.4 is 10.2 Å². The number of alkyl halides is 3. The van der Waals surface area contributed by atoms with Crippen LogP contribution in [0.3, 0.4) is 0 Å². The minimum atomic E-state index is -4.62. The van der Waals surface area contributed by atoms with E-state index in [1.54, 1.807) is 29.2 Å². The summed E-state index contributed by atoms with van der Waals surface area (Å²) in [5.74, 6) is -1.60. The van der Waals surface area contributed by atoms with Crippen LogP contribution in [0.5, 0.6) is 0 Å². The third-order valence-corrected chi connectivity index (χ3v) is 8.60. The van der Waals surface area contributed by atoms with Crippen molar-refractivity contribution in [2.24, 2.45) is 0 Å². The molecule has 1 N–H and O–H groups in total. The Hall–Kier alpha value is -4.70. The van der Waals surface area contributed by atoms with Crippen LogP contribution in [-0.2, 0) is 17.5 Å². The molecule has 0 saturated carbocycles. The van der Waals surface area contributed by atoms with Gasteiger partial charge < -0.3 is 20.0 Å². The van der Waals surface area contributed by atoms with Crippen LogP contribution in [0.15, 0.2) is 91.1 Å². The molecule has 10 heteroatoms. The zero-order valence-electron chi connectivity index (χ0n) is 25.1. The molecule has 2 aliphatic heterocycles. The maximum atomic E-state index is 14.4. The number of piperazine rings is 1. The quantitative estimate of drug-likeness (QED) is 0.277. The molecule has 1 aromatic heterocycles. The maximum Gasteiger partial charge on any atom is 0.433 e. The number of hydrogen-bond donors (Lipinski definition) is 1. The molecule has 0 radical (unpaired) electrons. The molecule has 45 heavy (non-hydrogen) atoms. The molecule has 3 heterocycles. The van der Waals surface area contributed by atoms with E-state index in [2.05, 4.69) is 27.1 Å². The van der Waals surface area contributed by atoms with Crippen molar-refractivity contribution in [2.45, 2.75) is 31.6 Å². The average Bonchev–Trinajstić information content (AvgIpc) is 3.03. The van der Waals surface area contributed by atoms with Gasteiger partial charge in [-0.3, -0.25) is 14.6 Å². The zero-order valence-corrected chi connectivity index (χ0v) is 25.1. The summed E-state index contributed by atoms with van der Waals surface area (Å²) in [6.07, 6.45) is -3.49. The number of amides is 2. The number of aryl methyl sites for hydroxylation is 1. The molecule has 0 bridgehead atoms. The summed E-state index contributed by atoms with van der Waals surface area (Å²) < 4.78 is 40.4. The summed E-state index contributed by atoms with van der Waals surface area (Å²) in [6.45, 7) is 5.71. The van der Waals surface area contributed by atoms with Gasteiger partial charge in [-0.05, 0) is 61.0 Å². The molecule has 0 spiro atoms. The van der Waals surface area contributed by atoms with Gasteiger partial charge in [-0.2, -0.15) is 13.2 Å². The number of aromatic nitrogens is 1. The van der Waals surface area contributed by atoms with Crippen LogP contribution in [0.4, 0.5) is 24.5 Å². The summed E-state index contributed by atoms with van der Waals surface area (Å²) >= 11 is 0. The van der Waals surface area contributed by atoms with Crippen molar-refractivity contribution in [3.63, 3.8) is 0 Å². The first-order chi connectivity index (χ1) is 21.6. The molecule has 0 unspecified atom stereocenters. The van der Waals surface area contributed by atoms with Gasteiger partial charge in [0.1, 0.15) is 5.69 Å². The predicted octanol–water partition coefficient (Wildman–Crippen LogP) is 6.28. The first-order valence-corrected chi connectivity index (χ1v) is 14.9. The van der Waals surface area contributed by atoms with Gasteiger partial charge in [0.2, 0.25) is 5.91 Å². The highest BCUT2D eigenvalue weighted by Gasteiger charge is 2.45. The second-order valence-corrected chi connectivity index (χ2v) is 11.7. The van der Waals surface area contributed by atoms with Gasteiger partial charge in [-0.15, -0.1) is 0 Å². The Balaban J connectivity index is 1.40. The Kier molecular flexibility index (Phi) is 8.33. The van der Waals surface area contributed by atoms with E-state index in [-0.39, 0.29) is 18.4 Å². The van der Waals surface area contributed by atoms with Crippen LogP contribution >= 0.6 is 0 Å². The fraction of sp³-hybridized carbons (Fsp3) is 0.286. The van der Waals surface area contributed by atoms with E-state index < -0.39 is 23.8 Å². The number of pyridine rings is 1. The lowest BCUT2D eigenvalue weighted by molar-refractivity contribution is -0.141. The Morgan fingerprint density at radius 2 is 1.67 bits per heavy atom. The van der Waals surface area contributed by atoms with Crippen molar-refractivity contribution in [2.75, 3.05) is 43.4 Å². The van der Waals surface area contributed by atoms with Gasteiger partial charge in [-0.1, -0.05) is 60.2 Å². The molecule has 6 rings (SSSR count). The third-order valence-electron chi connectivity index (χ3n) is 8.60. The van der Waals surface area contributed by atoms with Crippen LogP contribution in [0.2, 0.25) is 0 Å². The Labute approximate surface area is 260 Å². The first kappa shape index (κ1) is 30.3. The molecule has 232 valence electrons. The highest BCUT2D eigenvalue weighted by molar-refractivity contribution is 6.04. The minimum Gasteiger partial charge on any atom is -0.369 e. The van der Waals surface area contributed by atoms with E-state index in [0.29, 0.717) is 22.4 Å². The van der Waals surface area contributed by atoms with Crippen LogP contribution in [-0.4, -0.2) is 59.8 Å². The third kappa shape index (κ3) is 6.42. The van der Waals surface area contributed by atoms with Crippen LogP contribution in [0.25, 0.3) is 0 Å². The number of fused-ring (bicyclic) bond motifs is 1.